The summed E-state index contributed by atoms with van der Waals surface area (Å²) in [6.07, 6.45) is 3.39. The maximum absolute atomic E-state index is 11.3. The molecule has 0 aliphatic rings. The van der Waals surface area contributed by atoms with Crippen LogP contribution >= 0.6 is 0 Å². The topological polar surface area (TPSA) is 35.5 Å². The molecule has 0 saturated heterocycles. The molecule has 3 nitrogen and oxygen atoms in total. The Balaban J connectivity index is 3.19. The minimum absolute atomic E-state index is 0.313. The van der Waals surface area contributed by atoms with Gasteiger partial charge in [0, 0.05) is 20.0 Å². The molecule has 0 aromatic rings. The van der Waals surface area contributed by atoms with E-state index in [0.717, 1.165) is 12.8 Å². The van der Waals surface area contributed by atoms with Crippen molar-refractivity contribution in [2.75, 3.05) is 26.9 Å². The average molecular weight is 216 g/mol. The first-order chi connectivity index (χ1) is 7.16. The Morgan fingerprint density at radius 2 is 1.87 bits per heavy atom. The summed E-state index contributed by atoms with van der Waals surface area (Å²) in [4.78, 5) is 11.3. The number of carbonyl (C=O) groups excluding carboxylic acids is 1. The van der Waals surface area contributed by atoms with Gasteiger partial charge >= 0.3 is 0 Å². The molecule has 90 valence electrons. The monoisotopic (exact) mass is 216 g/mol. The zero-order valence-electron chi connectivity index (χ0n) is 10.3. The Labute approximate surface area is 93.1 Å². The molecule has 0 aromatic heterocycles. The molecule has 0 saturated carbocycles. The van der Waals surface area contributed by atoms with Crippen LogP contribution in [0.15, 0.2) is 0 Å². The largest absolute Gasteiger partial charge is 0.382 e. The quantitative estimate of drug-likeness (QED) is 0.526. The molecule has 3 heteroatoms. The van der Waals surface area contributed by atoms with Crippen molar-refractivity contribution in [2.45, 2.75) is 39.5 Å². The van der Waals surface area contributed by atoms with Crippen molar-refractivity contribution >= 4 is 5.78 Å². The molecule has 0 N–H and O–H groups in total. The third-order valence-electron chi connectivity index (χ3n) is 2.19. The Kier molecular flexibility index (Phi) is 9.84. The Hall–Kier alpha value is -0.410. The second-order valence-electron chi connectivity index (χ2n) is 4.18. The molecule has 0 amide bonds. The van der Waals surface area contributed by atoms with E-state index < -0.39 is 0 Å². The van der Waals surface area contributed by atoms with Crippen molar-refractivity contribution < 1.29 is 14.3 Å². The predicted molar refractivity (Wildman–Crippen MR) is 61.0 cm³/mol. The Morgan fingerprint density at radius 3 is 2.47 bits per heavy atom. The molecule has 0 spiro atoms. The van der Waals surface area contributed by atoms with Crippen molar-refractivity contribution in [1.29, 1.82) is 0 Å². The first-order valence-corrected chi connectivity index (χ1v) is 5.75. The van der Waals surface area contributed by atoms with E-state index in [1.54, 1.807) is 7.11 Å². The van der Waals surface area contributed by atoms with Gasteiger partial charge in [0.15, 0.2) is 0 Å². The van der Waals surface area contributed by atoms with Crippen LogP contribution in [0.1, 0.15) is 39.5 Å². The van der Waals surface area contributed by atoms with E-state index in [1.165, 1.54) is 0 Å². The van der Waals surface area contributed by atoms with Gasteiger partial charge in [-0.2, -0.15) is 0 Å². The van der Waals surface area contributed by atoms with Crippen LogP contribution < -0.4 is 0 Å². The van der Waals surface area contributed by atoms with Crippen molar-refractivity contribution in [2.24, 2.45) is 5.92 Å². The number of hydrogen-bond donors (Lipinski definition) is 0. The molecule has 0 heterocycles. The van der Waals surface area contributed by atoms with Crippen molar-refractivity contribution in [3.05, 3.63) is 0 Å². The van der Waals surface area contributed by atoms with Crippen LogP contribution in [0.25, 0.3) is 0 Å². The fraction of sp³-hybridized carbons (Fsp3) is 0.917. The summed E-state index contributed by atoms with van der Waals surface area (Å²) < 4.78 is 10.1. The summed E-state index contributed by atoms with van der Waals surface area (Å²) in [5, 5.41) is 0. The molecule has 0 radical (unpaired) electrons. The van der Waals surface area contributed by atoms with Crippen LogP contribution in [0, 0.1) is 5.92 Å². The number of carbonyl (C=O) groups is 1. The second-order valence-corrected chi connectivity index (χ2v) is 4.18. The minimum atomic E-state index is 0.313. The number of methoxy groups -OCH3 is 1. The van der Waals surface area contributed by atoms with E-state index in [0.29, 0.717) is 44.4 Å². The number of ether oxygens (including phenoxy) is 2. The molecule has 0 bridgehead atoms. The Bertz CT molecular complexity index is 155. The molecule has 15 heavy (non-hydrogen) atoms. The van der Waals surface area contributed by atoms with Gasteiger partial charge in [-0.3, -0.25) is 4.79 Å². The number of ketones is 1. The molecule has 0 rings (SSSR count). The van der Waals surface area contributed by atoms with Gasteiger partial charge in [0.1, 0.15) is 5.78 Å². The number of rotatable bonds is 10. The van der Waals surface area contributed by atoms with Gasteiger partial charge in [0.2, 0.25) is 0 Å². The lowest BCUT2D eigenvalue weighted by Gasteiger charge is -2.04. The summed E-state index contributed by atoms with van der Waals surface area (Å²) in [6, 6.07) is 0. The second kappa shape index (κ2) is 10.1. The fourth-order valence-corrected chi connectivity index (χ4v) is 1.26. The lowest BCUT2D eigenvalue weighted by molar-refractivity contribution is -0.120. The minimum Gasteiger partial charge on any atom is -0.382 e. The summed E-state index contributed by atoms with van der Waals surface area (Å²) in [6.45, 7) is 6.07. The van der Waals surface area contributed by atoms with Crippen LogP contribution in [-0.4, -0.2) is 32.7 Å². The average Bonchev–Trinajstić information content (AvgIpc) is 2.17. The normalized spacial score (nSPS) is 10.9. The maximum Gasteiger partial charge on any atom is 0.135 e. The van der Waals surface area contributed by atoms with Gasteiger partial charge in [-0.25, -0.2) is 0 Å². The molecular weight excluding hydrogens is 192 g/mol. The zero-order valence-corrected chi connectivity index (χ0v) is 10.3. The van der Waals surface area contributed by atoms with Crippen LogP contribution in [0.4, 0.5) is 0 Å². The summed E-state index contributed by atoms with van der Waals surface area (Å²) in [7, 11) is 1.64. The van der Waals surface area contributed by atoms with Crippen molar-refractivity contribution in [3.63, 3.8) is 0 Å². The third-order valence-corrected chi connectivity index (χ3v) is 2.19. The lowest BCUT2D eigenvalue weighted by Crippen LogP contribution is -2.07. The third kappa shape index (κ3) is 11.5. The first kappa shape index (κ1) is 14.6. The van der Waals surface area contributed by atoms with E-state index in [4.69, 9.17) is 9.47 Å². The van der Waals surface area contributed by atoms with Gasteiger partial charge in [-0.05, 0) is 12.3 Å². The van der Waals surface area contributed by atoms with Gasteiger partial charge < -0.3 is 9.47 Å². The predicted octanol–water partition coefficient (Wildman–Crippen LogP) is 2.43. The molecule has 0 aromatic carbocycles. The van der Waals surface area contributed by atoms with E-state index in [1.807, 2.05) is 0 Å². The first-order valence-electron chi connectivity index (χ1n) is 5.75. The zero-order chi connectivity index (χ0) is 11.5. The number of hydrogen-bond acceptors (Lipinski definition) is 3. The Morgan fingerprint density at radius 1 is 1.13 bits per heavy atom. The van der Waals surface area contributed by atoms with Gasteiger partial charge in [-0.1, -0.05) is 20.3 Å². The highest BCUT2D eigenvalue weighted by Crippen LogP contribution is 2.07. The van der Waals surface area contributed by atoms with Crippen LogP contribution in [-0.2, 0) is 14.3 Å². The van der Waals surface area contributed by atoms with Crippen molar-refractivity contribution in [3.8, 4) is 0 Å². The molecule has 0 fully saturated rings. The molecule has 0 atom stereocenters. The van der Waals surface area contributed by atoms with Gasteiger partial charge in [-0.15, -0.1) is 0 Å². The molecule has 0 aliphatic heterocycles. The van der Waals surface area contributed by atoms with Crippen LogP contribution in [0.5, 0.6) is 0 Å². The fourth-order valence-electron chi connectivity index (χ4n) is 1.26. The summed E-state index contributed by atoms with van der Waals surface area (Å²) >= 11 is 0. The number of Topliss-reactive ketones (excluding diaryl/α,β-unsaturated/α-hetero) is 1. The van der Waals surface area contributed by atoms with Crippen LogP contribution in [0.3, 0.4) is 0 Å². The lowest BCUT2D eigenvalue weighted by atomic mass is 10.0. The van der Waals surface area contributed by atoms with Crippen LogP contribution in [0.2, 0.25) is 0 Å². The van der Waals surface area contributed by atoms with Gasteiger partial charge in [0.05, 0.1) is 19.8 Å². The van der Waals surface area contributed by atoms with E-state index in [2.05, 4.69) is 13.8 Å². The van der Waals surface area contributed by atoms with Gasteiger partial charge in [0.25, 0.3) is 0 Å². The van der Waals surface area contributed by atoms with Crippen molar-refractivity contribution in [1.82, 2.24) is 0 Å². The standard InChI is InChI=1S/C12H24O3/c1-11(2)5-4-6-12(13)7-8-15-10-9-14-3/h11H,4-10H2,1-3H3. The smallest absolute Gasteiger partial charge is 0.135 e. The summed E-state index contributed by atoms with van der Waals surface area (Å²) in [5.74, 6) is 1.00. The maximum atomic E-state index is 11.3. The SMILES string of the molecule is COCCOCCC(=O)CCCC(C)C. The summed E-state index contributed by atoms with van der Waals surface area (Å²) in [5.41, 5.74) is 0. The molecule has 0 unspecified atom stereocenters. The highest BCUT2D eigenvalue weighted by Gasteiger charge is 2.02. The highest BCUT2D eigenvalue weighted by molar-refractivity contribution is 5.78. The van der Waals surface area contributed by atoms with E-state index in [9.17, 15) is 4.79 Å². The molecule has 0 aliphatic carbocycles. The van der Waals surface area contributed by atoms with E-state index >= 15 is 0 Å². The van der Waals surface area contributed by atoms with E-state index in [-0.39, 0.29) is 0 Å². The highest BCUT2D eigenvalue weighted by atomic mass is 16.5. The molecular formula is C12H24O3.